The molecule has 3 heteroatoms. The first-order chi connectivity index (χ1) is 7.17. The maximum Gasteiger partial charge on any atom is 0.131 e. The first-order valence-corrected chi connectivity index (χ1v) is 5.73. The predicted octanol–water partition coefficient (Wildman–Crippen LogP) is 2.98. The molecule has 1 aromatic heterocycles. The number of anilines is 1. The number of hydrogen-bond acceptors (Lipinski definition) is 3. The van der Waals surface area contributed by atoms with Crippen LogP contribution in [0, 0.1) is 0 Å². The van der Waals surface area contributed by atoms with Crippen LogP contribution in [0.5, 0.6) is 0 Å². The molecule has 84 valence electrons. The van der Waals surface area contributed by atoms with Crippen LogP contribution in [0.25, 0.3) is 0 Å². The Morgan fingerprint density at radius 2 is 2.07 bits per heavy atom. The highest BCUT2D eigenvalue weighted by molar-refractivity contribution is 5.36. The molecule has 0 saturated heterocycles. The predicted molar refractivity (Wildman–Crippen MR) is 64.3 cm³/mol. The third kappa shape index (κ3) is 3.50. The Morgan fingerprint density at radius 1 is 1.33 bits per heavy atom. The molecular formula is C12H21N3. The summed E-state index contributed by atoms with van der Waals surface area (Å²) in [5, 5.41) is 3.09. The molecule has 0 aliphatic heterocycles. The molecule has 0 radical (unpaired) electrons. The molecule has 0 spiro atoms. The Bertz CT molecular complexity index is 308. The highest BCUT2D eigenvalue weighted by Gasteiger charge is 2.06. The minimum Gasteiger partial charge on any atom is -0.373 e. The Labute approximate surface area is 92.3 Å². The average molecular weight is 207 g/mol. The van der Waals surface area contributed by atoms with Crippen molar-refractivity contribution < 1.29 is 0 Å². The van der Waals surface area contributed by atoms with Gasteiger partial charge in [-0.3, -0.25) is 0 Å². The lowest BCUT2D eigenvalue weighted by Gasteiger charge is -2.09. The van der Waals surface area contributed by atoms with Gasteiger partial charge in [-0.1, -0.05) is 27.2 Å². The summed E-state index contributed by atoms with van der Waals surface area (Å²) in [6, 6.07) is 2.03. The van der Waals surface area contributed by atoms with Crippen molar-refractivity contribution in [3.63, 3.8) is 0 Å². The van der Waals surface area contributed by atoms with Crippen molar-refractivity contribution in [2.75, 3.05) is 12.4 Å². The van der Waals surface area contributed by atoms with Gasteiger partial charge in [0, 0.05) is 25.2 Å². The van der Waals surface area contributed by atoms with E-state index in [1.165, 1.54) is 6.42 Å². The van der Waals surface area contributed by atoms with E-state index in [0.29, 0.717) is 5.92 Å². The molecule has 0 unspecified atom stereocenters. The highest BCUT2D eigenvalue weighted by Crippen LogP contribution is 2.16. The van der Waals surface area contributed by atoms with Gasteiger partial charge in [-0.2, -0.15) is 0 Å². The standard InChI is InChI=1S/C12H21N3/c1-5-6-7-11-14-10(9(2)3)8-12(13-4)15-11/h8-9H,5-7H2,1-4H3,(H,13,14,15). The lowest BCUT2D eigenvalue weighted by molar-refractivity contribution is 0.727. The number of hydrogen-bond donors (Lipinski definition) is 1. The number of nitrogens with zero attached hydrogens (tertiary/aromatic N) is 2. The summed E-state index contributed by atoms with van der Waals surface area (Å²) in [6.07, 6.45) is 3.32. The summed E-state index contributed by atoms with van der Waals surface area (Å²) in [5.74, 6) is 2.35. The van der Waals surface area contributed by atoms with Crippen LogP contribution in [0.1, 0.15) is 51.0 Å². The number of rotatable bonds is 5. The maximum atomic E-state index is 4.57. The van der Waals surface area contributed by atoms with Crippen LogP contribution < -0.4 is 5.32 Å². The quantitative estimate of drug-likeness (QED) is 0.806. The Morgan fingerprint density at radius 3 is 2.60 bits per heavy atom. The van der Waals surface area contributed by atoms with Crippen LogP contribution in [-0.4, -0.2) is 17.0 Å². The van der Waals surface area contributed by atoms with Gasteiger partial charge >= 0.3 is 0 Å². The van der Waals surface area contributed by atoms with Crippen LogP contribution in [-0.2, 0) is 6.42 Å². The van der Waals surface area contributed by atoms with Gasteiger partial charge in [-0.25, -0.2) is 9.97 Å². The molecule has 0 bridgehead atoms. The molecule has 0 aliphatic carbocycles. The summed E-state index contributed by atoms with van der Waals surface area (Å²) in [4.78, 5) is 9.02. The second kappa shape index (κ2) is 5.69. The normalized spacial score (nSPS) is 10.7. The number of aromatic nitrogens is 2. The molecular weight excluding hydrogens is 186 g/mol. The van der Waals surface area contributed by atoms with Crippen LogP contribution in [0.3, 0.4) is 0 Å². The van der Waals surface area contributed by atoms with E-state index in [9.17, 15) is 0 Å². The zero-order chi connectivity index (χ0) is 11.3. The fraction of sp³-hybridized carbons (Fsp3) is 0.667. The first kappa shape index (κ1) is 12.0. The molecule has 0 saturated carbocycles. The van der Waals surface area contributed by atoms with Crippen LogP contribution in [0.2, 0.25) is 0 Å². The van der Waals surface area contributed by atoms with Crippen molar-refractivity contribution in [3.05, 3.63) is 17.6 Å². The second-order valence-corrected chi connectivity index (χ2v) is 4.10. The van der Waals surface area contributed by atoms with Gasteiger partial charge in [0.2, 0.25) is 0 Å². The summed E-state index contributed by atoms with van der Waals surface area (Å²) >= 11 is 0. The molecule has 0 amide bonds. The number of aryl methyl sites for hydroxylation is 1. The first-order valence-electron chi connectivity index (χ1n) is 5.73. The van der Waals surface area contributed by atoms with E-state index in [0.717, 1.165) is 30.2 Å². The fourth-order valence-corrected chi connectivity index (χ4v) is 1.39. The lowest BCUT2D eigenvalue weighted by Crippen LogP contribution is -2.04. The van der Waals surface area contributed by atoms with Crippen molar-refractivity contribution >= 4 is 5.82 Å². The zero-order valence-corrected chi connectivity index (χ0v) is 10.2. The van der Waals surface area contributed by atoms with E-state index < -0.39 is 0 Å². The second-order valence-electron chi connectivity index (χ2n) is 4.10. The largest absolute Gasteiger partial charge is 0.373 e. The minimum absolute atomic E-state index is 0.459. The summed E-state index contributed by atoms with van der Waals surface area (Å²) < 4.78 is 0. The summed E-state index contributed by atoms with van der Waals surface area (Å²) in [7, 11) is 1.90. The Balaban J connectivity index is 2.90. The molecule has 1 rings (SSSR count). The third-order valence-corrected chi connectivity index (χ3v) is 2.39. The van der Waals surface area contributed by atoms with E-state index in [1.807, 2.05) is 13.1 Å². The number of nitrogens with one attached hydrogen (secondary N) is 1. The molecule has 0 atom stereocenters. The van der Waals surface area contributed by atoms with Gasteiger partial charge in [0.05, 0.1) is 0 Å². The van der Waals surface area contributed by atoms with E-state index in [1.54, 1.807) is 0 Å². The van der Waals surface area contributed by atoms with E-state index in [2.05, 4.69) is 36.1 Å². The fourth-order valence-electron chi connectivity index (χ4n) is 1.39. The summed E-state index contributed by atoms with van der Waals surface area (Å²) in [5.41, 5.74) is 1.13. The molecule has 1 aromatic rings. The van der Waals surface area contributed by atoms with Gasteiger partial charge in [0.25, 0.3) is 0 Å². The average Bonchev–Trinajstić information content (AvgIpc) is 2.25. The zero-order valence-electron chi connectivity index (χ0n) is 10.2. The van der Waals surface area contributed by atoms with E-state index >= 15 is 0 Å². The molecule has 0 aliphatic rings. The lowest BCUT2D eigenvalue weighted by atomic mass is 10.1. The van der Waals surface area contributed by atoms with Crippen LogP contribution in [0.4, 0.5) is 5.82 Å². The SMILES string of the molecule is CCCCc1nc(NC)cc(C(C)C)n1. The van der Waals surface area contributed by atoms with Crippen molar-refractivity contribution in [1.29, 1.82) is 0 Å². The van der Waals surface area contributed by atoms with Crippen LogP contribution in [0.15, 0.2) is 6.07 Å². The smallest absolute Gasteiger partial charge is 0.131 e. The molecule has 1 heterocycles. The van der Waals surface area contributed by atoms with E-state index in [4.69, 9.17) is 0 Å². The summed E-state index contributed by atoms with van der Waals surface area (Å²) in [6.45, 7) is 6.50. The topological polar surface area (TPSA) is 37.8 Å². The van der Waals surface area contributed by atoms with Gasteiger partial charge < -0.3 is 5.32 Å². The van der Waals surface area contributed by atoms with Gasteiger partial charge in [-0.05, 0) is 12.3 Å². The highest BCUT2D eigenvalue weighted by atomic mass is 15.0. The molecule has 1 N–H and O–H groups in total. The van der Waals surface area contributed by atoms with E-state index in [-0.39, 0.29) is 0 Å². The maximum absolute atomic E-state index is 4.57. The van der Waals surface area contributed by atoms with Gasteiger partial charge in [-0.15, -0.1) is 0 Å². The van der Waals surface area contributed by atoms with Gasteiger partial charge in [0.1, 0.15) is 11.6 Å². The Hall–Kier alpha value is -1.12. The minimum atomic E-state index is 0.459. The third-order valence-electron chi connectivity index (χ3n) is 2.39. The molecule has 3 nitrogen and oxygen atoms in total. The Kier molecular flexibility index (Phi) is 4.53. The molecule has 15 heavy (non-hydrogen) atoms. The molecule has 0 fully saturated rings. The van der Waals surface area contributed by atoms with Crippen molar-refractivity contribution in [3.8, 4) is 0 Å². The molecule has 0 aromatic carbocycles. The van der Waals surface area contributed by atoms with Crippen LogP contribution >= 0.6 is 0 Å². The monoisotopic (exact) mass is 207 g/mol. The number of unbranched alkanes of at least 4 members (excludes halogenated alkanes) is 1. The van der Waals surface area contributed by atoms with Gasteiger partial charge in [0.15, 0.2) is 0 Å². The van der Waals surface area contributed by atoms with Crippen molar-refractivity contribution in [2.24, 2.45) is 0 Å². The van der Waals surface area contributed by atoms with Crippen molar-refractivity contribution in [2.45, 2.75) is 46.0 Å². The van der Waals surface area contributed by atoms with Crippen molar-refractivity contribution in [1.82, 2.24) is 9.97 Å².